The predicted molar refractivity (Wildman–Crippen MR) is 108 cm³/mol. The van der Waals surface area contributed by atoms with E-state index in [1.807, 2.05) is 48.5 Å². The fourth-order valence-electron chi connectivity index (χ4n) is 2.68. The van der Waals surface area contributed by atoms with Crippen LogP contribution in [0.25, 0.3) is 0 Å². The van der Waals surface area contributed by atoms with Crippen LogP contribution in [0.5, 0.6) is 11.5 Å². The Morgan fingerprint density at radius 3 is 1.30 bits per heavy atom. The summed E-state index contributed by atoms with van der Waals surface area (Å²) in [6.45, 7) is 0. The summed E-state index contributed by atoms with van der Waals surface area (Å²) < 4.78 is 42.4. The minimum atomic E-state index is -4.22. The summed E-state index contributed by atoms with van der Waals surface area (Å²) >= 11 is 0. The monoisotopic (exact) mass is 402 g/mol. The summed E-state index contributed by atoms with van der Waals surface area (Å²) in [4.78, 5) is -0.120. The van der Waals surface area contributed by atoms with Crippen LogP contribution < -0.4 is 25.4 Å². The second-order valence-electron chi connectivity index (χ2n) is 5.70. The number of benzene rings is 3. The summed E-state index contributed by atoms with van der Waals surface area (Å²) in [7, 11) is -1.89. The van der Waals surface area contributed by atoms with Crippen LogP contribution in [0.3, 0.4) is 0 Å². The molecule has 0 spiro atoms. The Morgan fingerprint density at radius 2 is 1.00 bits per heavy atom. The second-order valence-corrected chi connectivity index (χ2v) is 9.34. The first-order valence-corrected chi connectivity index (χ1v) is 10.9. The first kappa shape index (κ1) is 19.4. The van der Waals surface area contributed by atoms with Gasteiger partial charge in [-0.05, 0) is 60.2 Å². The smallest absolute Gasteiger partial charge is 0.294 e. The Kier molecular flexibility index (Phi) is 5.80. The molecule has 0 aliphatic heterocycles. The van der Waals surface area contributed by atoms with Crippen LogP contribution in [0.4, 0.5) is 0 Å². The van der Waals surface area contributed by atoms with Crippen molar-refractivity contribution in [1.82, 2.24) is 0 Å². The van der Waals surface area contributed by atoms with Crippen LogP contribution in [-0.4, -0.2) is 27.2 Å². The minimum Gasteiger partial charge on any atom is -0.497 e. The minimum absolute atomic E-state index is 0.120. The van der Waals surface area contributed by atoms with Gasteiger partial charge >= 0.3 is 0 Å². The Balaban J connectivity index is 2.08. The molecule has 0 saturated carbocycles. The Labute approximate surface area is 160 Å². The van der Waals surface area contributed by atoms with Crippen LogP contribution >= 0.6 is 7.92 Å². The molecule has 0 atom stereocenters. The Bertz CT molecular complexity index is 950. The van der Waals surface area contributed by atoms with Gasteiger partial charge in [0.1, 0.15) is 11.5 Å². The highest BCUT2D eigenvalue weighted by Gasteiger charge is 2.18. The van der Waals surface area contributed by atoms with E-state index in [2.05, 4.69) is 0 Å². The molecule has 0 unspecified atom stereocenters. The molecular formula is C20H19O5PS. The summed E-state index contributed by atoms with van der Waals surface area (Å²) in [5.74, 6) is 1.54. The summed E-state index contributed by atoms with van der Waals surface area (Å²) in [5.41, 5.74) is 0. The number of rotatable bonds is 6. The summed E-state index contributed by atoms with van der Waals surface area (Å²) in [5, 5.41) is 3.15. The second kappa shape index (κ2) is 8.09. The van der Waals surface area contributed by atoms with Crippen molar-refractivity contribution in [2.45, 2.75) is 4.90 Å². The molecule has 0 radical (unpaired) electrons. The third-order valence-corrected chi connectivity index (χ3v) is 7.37. The molecular weight excluding hydrogens is 383 g/mol. The molecule has 3 aromatic carbocycles. The molecule has 0 bridgehead atoms. The van der Waals surface area contributed by atoms with Gasteiger partial charge in [-0.2, -0.15) is 8.42 Å². The average molecular weight is 402 g/mol. The van der Waals surface area contributed by atoms with Crippen LogP contribution in [0.2, 0.25) is 0 Å². The van der Waals surface area contributed by atoms with E-state index in [9.17, 15) is 13.0 Å². The van der Waals surface area contributed by atoms with Crippen molar-refractivity contribution in [2.24, 2.45) is 0 Å². The van der Waals surface area contributed by atoms with Crippen LogP contribution in [0.15, 0.2) is 77.7 Å². The molecule has 3 aromatic rings. The first-order valence-electron chi connectivity index (χ1n) is 8.08. The molecule has 0 aliphatic rings. The van der Waals surface area contributed by atoms with Crippen molar-refractivity contribution in [3.63, 3.8) is 0 Å². The lowest BCUT2D eigenvalue weighted by Gasteiger charge is -2.20. The third-order valence-electron chi connectivity index (χ3n) is 4.05. The van der Waals surface area contributed by atoms with E-state index in [4.69, 9.17) is 9.47 Å². The van der Waals surface area contributed by atoms with Gasteiger partial charge in [-0.3, -0.25) is 4.55 Å². The molecule has 5 nitrogen and oxygen atoms in total. The van der Waals surface area contributed by atoms with E-state index >= 15 is 0 Å². The highest BCUT2D eigenvalue weighted by Crippen LogP contribution is 2.34. The largest absolute Gasteiger partial charge is 0.497 e. The topological polar surface area (TPSA) is 72.8 Å². The quantitative estimate of drug-likeness (QED) is 0.507. The molecule has 7 heteroatoms. The van der Waals surface area contributed by atoms with Gasteiger partial charge < -0.3 is 9.47 Å². The van der Waals surface area contributed by atoms with Crippen LogP contribution in [-0.2, 0) is 10.1 Å². The summed E-state index contributed by atoms with van der Waals surface area (Å²) in [6.07, 6.45) is 0. The number of hydrogen-bond donors (Lipinski definition) is 1. The van der Waals surface area contributed by atoms with Gasteiger partial charge in [-0.25, -0.2) is 0 Å². The van der Waals surface area contributed by atoms with Crippen molar-refractivity contribution < 1.29 is 22.4 Å². The van der Waals surface area contributed by atoms with Gasteiger partial charge in [0.15, 0.2) is 0 Å². The van der Waals surface area contributed by atoms with Crippen LogP contribution in [0.1, 0.15) is 0 Å². The van der Waals surface area contributed by atoms with E-state index < -0.39 is 18.0 Å². The van der Waals surface area contributed by atoms with Crippen molar-refractivity contribution in [3.05, 3.63) is 72.8 Å². The summed E-state index contributed by atoms with van der Waals surface area (Å²) in [6, 6.07) is 22.0. The molecule has 27 heavy (non-hydrogen) atoms. The molecule has 0 heterocycles. The highest BCUT2D eigenvalue weighted by molar-refractivity contribution is 7.85. The Hall–Kier alpha value is -2.40. The predicted octanol–water partition coefficient (Wildman–Crippen LogP) is 2.71. The lowest BCUT2D eigenvalue weighted by Crippen LogP contribution is -2.20. The lowest BCUT2D eigenvalue weighted by atomic mass is 10.3. The van der Waals surface area contributed by atoms with E-state index in [-0.39, 0.29) is 4.90 Å². The van der Waals surface area contributed by atoms with Gasteiger partial charge in [-0.15, -0.1) is 0 Å². The van der Waals surface area contributed by atoms with Crippen molar-refractivity contribution in [3.8, 4) is 11.5 Å². The maximum Gasteiger partial charge on any atom is 0.294 e. The van der Waals surface area contributed by atoms with Gasteiger partial charge in [0.25, 0.3) is 10.1 Å². The number of methoxy groups -OCH3 is 2. The molecule has 0 amide bonds. The number of hydrogen-bond acceptors (Lipinski definition) is 4. The van der Waals surface area contributed by atoms with E-state index in [1.165, 1.54) is 12.1 Å². The molecule has 0 aliphatic carbocycles. The molecule has 140 valence electrons. The maximum absolute atomic E-state index is 11.3. The fraction of sp³-hybridized carbons (Fsp3) is 0.100. The molecule has 3 rings (SSSR count). The lowest BCUT2D eigenvalue weighted by molar-refractivity contribution is 0.415. The zero-order chi connectivity index (χ0) is 19.4. The Morgan fingerprint density at radius 1 is 0.667 bits per heavy atom. The van der Waals surface area contributed by atoms with E-state index in [0.717, 1.165) is 27.4 Å². The normalized spacial score (nSPS) is 11.4. The fourth-order valence-corrected chi connectivity index (χ4v) is 5.39. The maximum atomic E-state index is 11.3. The van der Waals surface area contributed by atoms with E-state index in [1.54, 1.807) is 26.4 Å². The van der Waals surface area contributed by atoms with Crippen molar-refractivity contribution in [2.75, 3.05) is 14.2 Å². The van der Waals surface area contributed by atoms with E-state index in [0.29, 0.717) is 0 Å². The van der Waals surface area contributed by atoms with Gasteiger partial charge in [0.05, 0.1) is 19.1 Å². The third kappa shape index (κ3) is 4.48. The molecule has 0 aromatic heterocycles. The molecule has 0 fully saturated rings. The highest BCUT2D eigenvalue weighted by atomic mass is 32.2. The zero-order valence-electron chi connectivity index (χ0n) is 14.9. The first-order chi connectivity index (χ1) is 12.9. The standard InChI is InChI=1S/C20H19O5PS/c1-24-15-3-7-17(8-4-15)26(18-9-5-16(25-2)6-10-18)19-11-13-20(14-12-19)27(21,22)23/h3-14H,1-2H3,(H,21,22,23). The van der Waals surface area contributed by atoms with Crippen LogP contribution in [0, 0.1) is 0 Å². The van der Waals surface area contributed by atoms with Gasteiger partial charge in [-0.1, -0.05) is 36.4 Å². The van der Waals surface area contributed by atoms with Crippen molar-refractivity contribution in [1.29, 1.82) is 0 Å². The SMILES string of the molecule is COc1ccc(P(c2ccc(OC)cc2)c2ccc(S(=O)(=O)O)cc2)cc1. The average Bonchev–Trinajstić information content (AvgIpc) is 2.69. The zero-order valence-corrected chi connectivity index (χ0v) is 16.6. The molecule has 0 saturated heterocycles. The van der Waals surface area contributed by atoms with Crippen molar-refractivity contribution >= 4 is 34.0 Å². The molecule has 1 N–H and O–H groups in total. The van der Waals surface area contributed by atoms with Gasteiger partial charge in [0, 0.05) is 0 Å². The number of ether oxygens (including phenoxy) is 2. The van der Waals surface area contributed by atoms with Gasteiger partial charge in [0.2, 0.25) is 0 Å².